The molecule has 1 aromatic carbocycles. The first-order valence-corrected chi connectivity index (χ1v) is 7.82. The number of esters is 1. The van der Waals surface area contributed by atoms with E-state index in [-0.39, 0.29) is 12.0 Å². The summed E-state index contributed by atoms with van der Waals surface area (Å²) >= 11 is 0. The van der Waals surface area contributed by atoms with Crippen LogP contribution in [0.1, 0.15) is 17.3 Å². The summed E-state index contributed by atoms with van der Waals surface area (Å²) in [6.45, 7) is 2.07. The number of pyridine rings is 1. The van der Waals surface area contributed by atoms with Crippen molar-refractivity contribution >= 4 is 23.4 Å². The molecule has 7 heteroatoms. The van der Waals surface area contributed by atoms with E-state index < -0.39 is 0 Å². The van der Waals surface area contributed by atoms with E-state index in [9.17, 15) is 9.59 Å². The Bertz CT molecular complexity index is 870. The number of carbonyl (C=O) groups excluding carboxylic acids is 2. The van der Waals surface area contributed by atoms with Gasteiger partial charge in [0.25, 0.3) is 0 Å². The summed E-state index contributed by atoms with van der Waals surface area (Å²) in [5, 5.41) is 5.50. The second-order valence-corrected chi connectivity index (χ2v) is 5.46. The predicted octanol–water partition coefficient (Wildman–Crippen LogP) is 3.35. The molecule has 0 saturated carbocycles. The zero-order valence-electron chi connectivity index (χ0n) is 13.9. The van der Waals surface area contributed by atoms with Crippen LogP contribution in [0.5, 0.6) is 0 Å². The summed E-state index contributed by atoms with van der Waals surface area (Å²) < 4.78 is 6.81. The summed E-state index contributed by atoms with van der Waals surface area (Å²) in [7, 11) is 1.91. The van der Waals surface area contributed by atoms with E-state index in [0.717, 1.165) is 11.3 Å². The van der Waals surface area contributed by atoms with E-state index >= 15 is 0 Å². The van der Waals surface area contributed by atoms with Crippen molar-refractivity contribution in [1.29, 1.82) is 0 Å². The molecule has 0 fully saturated rings. The standard InChI is InChI=1S/C18H18N4O3/c1-3-25-17(23)12-4-6-13(7-5-12)20-18(24)21-15-10-19-16-11-22(2)9-8-14(15)16/h4-11H,3H2,1-2H3,(H2,20,21,24). The number of aromatic nitrogens is 2. The Morgan fingerprint density at radius 1 is 1.16 bits per heavy atom. The molecule has 0 spiro atoms. The molecule has 0 unspecified atom stereocenters. The van der Waals surface area contributed by atoms with Crippen LogP contribution in [0.2, 0.25) is 0 Å². The maximum atomic E-state index is 12.2. The second kappa shape index (κ2) is 7.04. The Kier molecular flexibility index (Phi) is 4.65. The van der Waals surface area contributed by atoms with Crippen molar-refractivity contribution in [1.82, 2.24) is 9.55 Å². The smallest absolute Gasteiger partial charge is 0.338 e. The highest BCUT2D eigenvalue weighted by molar-refractivity contribution is 6.02. The minimum atomic E-state index is -0.388. The number of urea groups is 1. The first-order chi connectivity index (χ1) is 12.1. The van der Waals surface area contributed by atoms with Crippen molar-refractivity contribution < 1.29 is 14.3 Å². The van der Waals surface area contributed by atoms with E-state index in [1.54, 1.807) is 37.4 Å². The van der Waals surface area contributed by atoms with Crippen molar-refractivity contribution in [2.75, 3.05) is 17.2 Å². The minimum Gasteiger partial charge on any atom is -0.462 e. The fourth-order valence-corrected chi connectivity index (χ4v) is 2.41. The number of hydrogen-bond acceptors (Lipinski definition) is 4. The highest BCUT2D eigenvalue weighted by atomic mass is 16.5. The van der Waals surface area contributed by atoms with Crippen LogP contribution in [0.25, 0.3) is 11.3 Å². The molecule has 3 rings (SSSR count). The number of anilines is 2. The lowest BCUT2D eigenvalue weighted by molar-refractivity contribution is 0.0526. The molecule has 0 atom stereocenters. The number of ether oxygens (including phenoxy) is 1. The zero-order valence-corrected chi connectivity index (χ0v) is 13.9. The number of aryl methyl sites for hydroxylation is 1. The van der Waals surface area contributed by atoms with Gasteiger partial charge in [-0.3, -0.25) is 4.98 Å². The SMILES string of the molecule is CCOC(=O)c1ccc(NC(=O)Nc2cnc3cn(C)ccc2-3)cc1. The van der Waals surface area contributed by atoms with Gasteiger partial charge in [0.1, 0.15) is 0 Å². The van der Waals surface area contributed by atoms with Crippen LogP contribution in [-0.4, -0.2) is 28.2 Å². The molecular weight excluding hydrogens is 320 g/mol. The van der Waals surface area contributed by atoms with E-state index in [0.29, 0.717) is 23.5 Å². The fourth-order valence-electron chi connectivity index (χ4n) is 2.41. The number of rotatable bonds is 4. The third-order valence-electron chi connectivity index (χ3n) is 3.60. The van der Waals surface area contributed by atoms with Gasteiger partial charge in [-0.25, -0.2) is 9.59 Å². The summed E-state index contributed by atoms with van der Waals surface area (Å²) in [5.41, 5.74) is 3.31. The van der Waals surface area contributed by atoms with Gasteiger partial charge in [0.2, 0.25) is 0 Å². The Hall–Kier alpha value is -3.35. The van der Waals surface area contributed by atoms with Gasteiger partial charge in [0.15, 0.2) is 0 Å². The number of nitrogens with one attached hydrogen (secondary N) is 2. The lowest BCUT2D eigenvalue weighted by atomic mass is 10.2. The van der Waals surface area contributed by atoms with Crippen molar-refractivity contribution in [3.8, 4) is 11.3 Å². The van der Waals surface area contributed by atoms with Gasteiger partial charge in [0, 0.05) is 30.7 Å². The number of hydrogen-bond donors (Lipinski definition) is 2. The normalized spacial score (nSPS) is 10.5. The molecule has 0 bridgehead atoms. The molecule has 0 aliphatic carbocycles. The molecule has 1 aromatic rings. The van der Waals surface area contributed by atoms with Gasteiger partial charge < -0.3 is 19.9 Å². The van der Waals surface area contributed by atoms with Crippen molar-refractivity contribution in [2.24, 2.45) is 7.05 Å². The van der Waals surface area contributed by atoms with Crippen LogP contribution in [-0.2, 0) is 11.8 Å². The highest BCUT2D eigenvalue weighted by Gasteiger charge is 2.13. The van der Waals surface area contributed by atoms with Crippen molar-refractivity contribution in [3.05, 3.63) is 54.5 Å². The molecule has 7 nitrogen and oxygen atoms in total. The van der Waals surface area contributed by atoms with Gasteiger partial charge in [0.05, 0.1) is 29.7 Å². The second-order valence-electron chi connectivity index (χ2n) is 5.46. The van der Waals surface area contributed by atoms with E-state index in [1.165, 1.54) is 0 Å². The van der Waals surface area contributed by atoms with Crippen LogP contribution in [0.15, 0.2) is 48.9 Å². The van der Waals surface area contributed by atoms with Crippen LogP contribution in [0.4, 0.5) is 16.2 Å². The fraction of sp³-hybridized carbons (Fsp3) is 0.167. The van der Waals surface area contributed by atoms with Gasteiger partial charge in [-0.1, -0.05) is 0 Å². The Labute approximate surface area is 145 Å². The average Bonchev–Trinajstić information content (AvgIpc) is 2.97. The molecule has 0 aromatic heterocycles. The minimum absolute atomic E-state index is 0.320. The summed E-state index contributed by atoms with van der Waals surface area (Å²) in [6.07, 6.45) is 5.39. The number of carbonyl (C=O) groups is 2. The van der Waals surface area contributed by atoms with Crippen molar-refractivity contribution in [2.45, 2.75) is 6.92 Å². The van der Waals surface area contributed by atoms with Gasteiger partial charge in [-0.15, -0.1) is 0 Å². The van der Waals surface area contributed by atoms with Crippen LogP contribution in [0.3, 0.4) is 0 Å². The molecule has 0 saturated heterocycles. The maximum Gasteiger partial charge on any atom is 0.338 e. The molecule has 0 radical (unpaired) electrons. The third-order valence-corrected chi connectivity index (χ3v) is 3.60. The number of fused-ring (bicyclic) bond motifs is 1. The molecule has 25 heavy (non-hydrogen) atoms. The molecule has 128 valence electrons. The van der Waals surface area contributed by atoms with E-state index in [1.807, 2.05) is 30.1 Å². The monoisotopic (exact) mass is 338 g/mol. The van der Waals surface area contributed by atoms with E-state index in [2.05, 4.69) is 15.6 Å². The van der Waals surface area contributed by atoms with Gasteiger partial charge >= 0.3 is 12.0 Å². The zero-order chi connectivity index (χ0) is 17.8. The average molecular weight is 338 g/mol. The van der Waals surface area contributed by atoms with Crippen LogP contribution in [0, 0.1) is 0 Å². The molecule has 2 aliphatic heterocycles. The largest absolute Gasteiger partial charge is 0.462 e. The van der Waals surface area contributed by atoms with Crippen LogP contribution >= 0.6 is 0 Å². The molecule has 2 amide bonds. The predicted molar refractivity (Wildman–Crippen MR) is 94.9 cm³/mol. The summed E-state index contributed by atoms with van der Waals surface area (Å²) in [4.78, 5) is 28.0. The van der Waals surface area contributed by atoms with E-state index in [4.69, 9.17) is 4.74 Å². The Balaban J connectivity index is 1.65. The molecular formula is C18H18N4O3. The number of nitrogens with zero attached hydrogens (tertiary/aromatic N) is 2. The quantitative estimate of drug-likeness (QED) is 0.715. The first-order valence-electron chi connectivity index (χ1n) is 7.82. The Morgan fingerprint density at radius 3 is 2.64 bits per heavy atom. The Morgan fingerprint density at radius 2 is 1.92 bits per heavy atom. The lowest BCUT2D eigenvalue weighted by Gasteiger charge is -2.09. The third kappa shape index (κ3) is 3.77. The first kappa shape index (κ1) is 16.5. The van der Waals surface area contributed by atoms with Gasteiger partial charge in [-0.05, 0) is 37.3 Å². The van der Waals surface area contributed by atoms with Crippen LogP contribution < -0.4 is 10.6 Å². The number of amides is 2. The van der Waals surface area contributed by atoms with Gasteiger partial charge in [-0.2, -0.15) is 0 Å². The summed E-state index contributed by atoms with van der Waals surface area (Å²) in [6, 6.07) is 8.01. The maximum absolute atomic E-state index is 12.2. The van der Waals surface area contributed by atoms with Crippen molar-refractivity contribution in [3.63, 3.8) is 0 Å². The molecule has 2 aliphatic rings. The highest BCUT2D eigenvalue weighted by Crippen LogP contribution is 2.28. The summed E-state index contributed by atoms with van der Waals surface area (Å²) in [5.74, 6) is -0.388. The lowest BCUT2D eigenvalue weighted by Crippen LogP contribution is -2.19. The molecule has 2 heterocycles. The molecule has 2 N–H and O–H groups in total. The topological polar surface area (TPSA) is 85.2 Å². The number of benzene rings is 1.